The molecule has 0 amide bonds. The Hall–Kier alpha value is -0.940. The van der Waals surface area contributed by atoms with E-state index in [2.05, 4.69) is 5.32 Å². The van der Waals surface area contributed by atoms with Crippen LogP contribution < -0.4 is 5.32 Å². The van der Waals surface area contributed by atoms with Crippen molar-refractivity contribution in [3.05, 3.63) is 23.7 Å². The van der Waals surface area contributed by atoms with E-state index in [4.69, 9.17) is 9.52 Å². The van der Waals surface area contributed by atoms with Gasteiger partial charge < -0.3 is 14.8 Å². The van der Waals surface area contributed by atoms with Crippen LogP contribution in [0.4, 0.5) is 0 Å². The van der Waals surface area contributed by atoms with Crippen LogP contribution in [0.3, 0.4) is 0 Å². The molecule has 1 aromatic heterocycles. The lowest BCUT2D eigenvalue weighted by Crippen LogP contribution is -2.28. The van der Waals surface area contributed by atoms with Crippen molar-refractivity contribution in [3.8, 4) is 0 Å². The average molecular weight is 269 g/mol. The Kier molecular flexibility index (Phi) is 4.72. The number of rotatable bonds is 5. The van der Waals surface area contributed by atoms with Gasteiger partial charge >= 0.3 is 5.97 Å². The summed E-state index contributed by atoms with van der Waals surface area (Å²) in [4.78, 5) is 10.7. The van der Waals surface area contributed by atoms with Gasteiger partial charge in [-0.1, -0.05) is 6.42 Å². The molecule has 1 aromatic rings. The summed E-state index contributed by atoms with van der Waals surface area (Å²) in [5, 5.41) is 12.9. The summed E-state index contributed by atoms with van der Waals surface area (Å²) in [6, 6.07) is 3.29. The third-order valence-corrected chi connectivity index (χ3v) is 4.59. The third kappa shape index (κ3) is 3.53. The maximum Gasteiger partial charge on any atom is 0.371 e. The molecule has 0 aromatic carbocycles. The molecule has 0 bridgehead atoms. The predicted octanol–water partition coefficient (Wildman–Crippen LogP) is 2.91. The van der Waals surface area contributed by atoms with Crippen molar-refractivity contribution in [3.63, 3.8) is 0 Å². The van der Waals surface area contributed by atoms with Crippen LogP contribution in [0.25, 0.3) is 0 Å². The van der Waals surface area contributed by atoms with E-state index in [1.54, 1.807) is 6.07 Å². The molecule has 0 spiro atoms. The lowest BCUT2D eigenvalue weighted by atomic mass is 10.1. The van der Waals surface area contributed by atoms with E-state index in [9.17, 15) is 4.79 Å². The molecular formula is C13H19NO3S. The molecule has 1 fully saturated rings. The normalized spacial score (nSPS) is 21.7. The van der Waals surface area contributed by atoms with Gasteiger partial charge in [0, 0.05) is 11.8 Å². The third-order valence-electron chi connectivity index (χ3n) is 3.19. The standard InChI is InChI=1S/C13H19NO3S/c1-9(11-5-6-12(17-11)13(15)16)14-8-10-4-2-3-7-18-10/h5-6,9-10,14H,2-4,7-8H2,1H3,(H,15,16). The summed E-state index contributed by atoms with van der Waals surface area (Å²) >= 11 is 2.02. The maximum absolute atomic E-state index is 10.7. The molecule has 1 aliphatic heterocycles. The first-order chi connectivity index (χ1) is 8.66. The van der Waals surface area contributed by atoms with Crippen molar-refractivity contribution in [1.29, 1.82) is 0 Å². The number of carbonyl (C=O) groups is 1. The fourth-order valence-electron chi connectivity index (χ4n) is 2.08. The van der Waals surface area contributed by atoms with E-state index in [1.807, 2.05) is 18.7 Å². The molecule has 2 N–H and O–H groups in total. The number of carboxylic acids is 1. The summed E-state index contributed by atoms with van der Waals surface area (Å²) in [5.74, 6) is 0.931. The van der Waals surface area contributed by atoms with Crippen molar-refractivity contribution in [2.45, 2.75) is 37.5 Å². The second-order valence-corrected chi connectivity index (χ2v) is 6.03. The Balaban J connectivity index is 1.82. The van der Waals surface area contributed by atoms with Crippen molar-refractivity contribution >= 4 is 17.7 Å². The summed E-state index contributed by atoms with van der Waals surface area (Å²) in [6.07, 6.45) is 3.91. The van der Waals surface area contributed by atoms with Crippen LogP contribution in [-0.4, -0.2) is 28.6 Å². The van der Waals surface area contributed by atoms with Crippen LogP contribution in [0.5, 0.6) is 0 Å². The Labute approximate surface area is 111 Å². The quantitative estimate of drug-likeness (QED) is 0.860. The fraction of sp³-hybridized carbons (Fsp3) is 0.615. The molecule has 4 nitrogen and oxygen atoms in total. The molecule has 0 saturated carbocycles. The smallest absolute Gasteiger partial charge is 0.371 e. The SMILES string of the molecule is CC(NCC1CCCCS1)c1ccc(C(=O)O)o1. The molecule has 0 radical (unpaired) electrons. The number of hydrogen-bond acceptors (Lipinski definition) is 4. The topological polar surface area (TPSA) is 62.5 Å². The maximum atomic E-state index is 10.7. The highest BCUT2D eigenvalue weighted by atomic mass is 32.2. The highest BCUT2D eigenvalue weighted by molar-refractivity contribution is 7.99. The number of aromatic carboxylic acids is 1. The monoisotopic (exact) mass is 269 g/mol. The first-order valence-electron chi connectivity index (χ1n) is 6.35. The molecule has 18 heavy (non-hydrogen) atoms. The van der Waals surface area contributed by atoms with E-state index in [0.717, 1.165) is 6.54 Å². The number of nitrogens with one attached hydrogen (secondary N) is 1. The van der Waals surface area contributed by atoms with E-state index < -0.39 is 5.97 Å². The van der Waals surface area contributed by atoms with Gasteiger partial charge in [0.1, 0.15) is 5.76 Å². The lowest BCUT2D eigenvalue weighted by molar-refractivity contribution is 0.0659. The average Bonchev–Trinajstić information content (AvgIpc) is 2.87. The van der Waals surface area contributed by atoms with Gasteiger partial charge in [-0.25, -0.2) is 4.79 Å². The number of furan rings is 1. The molecular weight excluding hydrogens is 250 g/mol. The Bertz CT molecular complexity index is 399. The number of thioether (sulfide) groups is 1. The predicted molar refractivity (Wildman–Crippen MR) is 72.2 cm³/mol. The van der Waals surface area contributed by atoms with Crippen LogP contribution in [0, 0.1) is 0 Å². The van der Waals surface area contributed by atoms with Crippen LogP contribution in [0.2, 0.25) is 0 Å². The summed E-state index contributed by atoms with van der Waals surface area (Å²) in [6.45, 7) is 2.95. The van der Waals surface area contributed by atoms with Crippen molar-refractivity contribution in [1.82, 2.24) is 5.32 Å². The molecule has 2 atom stereocenters. The largest absolute Gasteiger partial charge is 0.475 e. The molecule has 100 valence electrons. The number of carboxylic acid groups (broad SMARTS) is 1. The highest BCUT2D eigenvalue weighted by Crippen LogP contribution is 2.25. The second kappa shape index (κ2) is 6.29. The van der Waals surface area contributed by atoms with Gasteiger partial charge in [-0.15, -0.1) is 0 Å². The van der Waals surface area contributed by atoms with E-state index in [-0.39, 0.29) is 11.8 Å². The Morgan fingerprint density at radius 3 is 3.06 bits per heavy atom. The van der Waals surface area contributed by atoms with Crippen LogP contribution in [0.15, 0.2) is 16.5 Å². The molecule has 2 unspecified atom stereocenters. The fourth-order valence-corrected chi connectivity index (χ4v) is 3.33. The van der Waals surface area contributed by atoms with Gasteiger partial charge in [0.15, 0.2) is 0 Å². The van der Waals surface area contributed by atoms with Crippen LogP contribution >= 0.6 is 11.8 Å². The van der Waals surface area contributed by atoms with Crippen LogP contribution in [-0.2, 0) is 0 Å². The first kappa shape index (κ1) is 13.5. The van der Waals surface area contributed by atoms with Gasteiger partial charge in [-0.2, -0.15) is 11.8 Å². The van der Waals surface area contributed by atoms with Gasteiger partial charge in [-0.3, -0.25) is 0 Å². The van der Waals surface area contributed by atoms with Crippen molar-refractivity contribution in [2.24, 2.45) is 0 Å². The first-order valence-corrected chi connectivity index (χ1v) is 7.39. The molecule has 1 aliphatic rings. The lowest BCUT2D eigenvalue weighted by Gasteiger charge is -2.23. The Morgan fingerprint density at radius 1 is 1.61 bits per heavy atom. The highest BCUT2D eigenvalue weighted by Gasteiger charge is 2.17. The molecule has 2 rings (SSSR count). The van der Waals surface area contributed by atoms with Gasteiger partial charge in [0.05, 0.1) is 6.04 Å². The van der Waals surface area contributed by atoms with Crippen molar-refractivity contribution in [2.75, 3.05) is 12.3 Å². The van der Waals surface area contributed by atoms with Gasteiger partial charge in [0.25, 0.3) is 0 Å². The summed E-state index contributed by atoms with van der Waals surface area (Å²) < 4.78 is 5.28. The zero-order valence-corrected chi connectivity index (χ0v) is 11.3. The Morgan fingerprint density at radius 2 is 2.44 bits per heavy atom. The molecule has 0 aliphatic carbocycles. The minimum atomic E-state index is -1.02. The zero-order valence-electron chi connectivity index (χ0n) is 10.5. The van der Waals surface area contributed by atoms with Gasteiger partial charge in [0.2, 0.25) is 5.76 Å². The summed E-state index contributed by atoms with van der Waals surface area (Å²) in [5.41, 5.74) is 0. The van der Waals surface area contributed by atoms with Crippen molar-refractivity contribution < 1.29 is 14.3 Å². The number of hydrogen-bond donors (Lipinski definition) is 2. The molecule has 5 heteroatoms. The van der Waals surface area contributed by atoms with E-state index in [1.165, 1.54) is 31.1 Å². The minimum Gasteiger partial charge on any atom is -0.475 e. The van der Waals surface area contributed by atoms with Gasteiger partial charge in [-0.05, 0) is 37.7 Å². The second-order valence-electron chi connectivity index (χ2n) is 4.63. The minimum absolute atomic E-state index is 0.00527. The molecule has 2 heterocycles. The zero-order chi connectivity index (χ0) is 13.0. The van der Waals surface area contributed by atoms with E-state index >= 15 is 0 Å². The molecule has 1 saturated heterocycles. The summed E-state index contributed by atoms with van der Waals surface area (Å²) in [7, 11) is 0. The van der Waals surface area contributed by atoms with Crippen LogP contribution in [0.1, 0.15) is 48.5 Å². The van der Waals surface area contributed by atoms with E-state index in [0.29, 0.717) is 11.0 Å².